The molecule has 0 aliphatic rings. The summed E-state index contributed by atoms with van der Waals surface area (Å²) in [5.41, 5.74) is 7.92. The summed E-state index contributed by atoms with van der Waals surface area (Å²) in [5.74, 6) is 0.591. The summed E-state index contributed by atoms with van der Waals surface area (Å²) in [6.45, 7) is 2.73. The first kappa shape index (κ1) is 15.4. The molecule has 0 heterocycles. The Morgan fingerprint density at radius 3 is 2.86 bits per heavy atom. The average Bonchev–Trinajstić information content (AvgIpc) is 2.46. The van der Waals surface area contributed by atoms with Crippen molar-refractivity contribution in [2.45, 2.75) is 6.92 Å². The zero-order valence-electron chi connectivity index (χ0n) is 11.7. The van der Waals surface area contributed by atoms with Crippen molar-refractivity contribution in [1.82, 2.24) is 5.32 Å². The third-order valence-corrected chi connectivity index (χ3v) is 3.45. The third kappa shape index (κ3) is 4.49. The van der Waals surface area contributed by atoms with Crippen LogP contribution in [0.5, 0.6) is 5.75 Å². The van der Waals surface area contributed by atoms with Gasteiger partial charge in [0.1, 0.15) is 12.4 Å². The number of nitrogen functional groups attached to an aromatic ring is 1. The summed E-state index contributed by atoms with van der Waals surface area (Å²) >= 11 is 3.37. The van der Waals surface area contributed by atoms with Gasteiger partial charge in [-0.25, -0.2) is 0 Å². The van der Waals surface area contributed by atoms with Gasteiger partial charge in [0.05, 0.1) is 6.54 Å². The van der Waals surface area contributed by atoms with Crippen LogP contribution in [0.15, 0.2) is 46.9 Å². The Labute approximate surface area is 132 Å². The number of hydrogen-bond donors (Lipinski definition) is 2. The van der Waals surface area contributed by atoms with Gasteiger partial charge in [0.25, 0.3) is 5.91 Å². The van der Waals surface area contributed by atoms with Gasteiger partial charge in [-0.15, -0.1) is 0 Å². The van der Waals surface area contributed by atoms with E-state index in [2.05, 4.69) is 21.2 Å². The van der Waals surface area contributed by atoms with E-state index in [4.69, 9.17) is 10.5 Å². The molecule has 2 aromatic rings. The number of benzene rings is 2. The summed E-state index contributed by atoms with van der Waals surface area (Å²) in [5, 5.41) is 2.84. The molecule has 0 saturated carbocycles. The fraction of sp³-hybridized carbons (Fsp3) is 0.188. The van der Waals surface area contributed by atoms with E-state index in [-0.39, 0.29) is 5.91 Å². The van der Waals surface area contributed by atoms with Gasteiger partial charge in [-0.05, 0) is 36.8 Å². The minimum absolute atomic E-state index is 0.107. The molecule has 0 saturated heterocycles. The molecule has 110 valence electrons. The maximum Gasteiger partial charge on any atom is 0.251 e. The predicted octanol–water partition coefficient (Wildman–Crippen LogP) is 3.15. The van der Waals surface area contributed by atoms with E-state index in [1.165, 1.54) is 0 Å². The van der Waals surface area contributed by atoms with Gasteiger partial charge in [-0.2, -0.15) is 0 Å². The fourth-order valence-electron chi connectivity index (χ4n) is 1.87. The van der Waals surface area contributed by atoms with Crippen molar-refractivity contribution in [3.8, 4) is 5.75 Å². The van der Waals surface area contributed by atoms with Crippen LogP contribution in [0.1, 0.15) is 15.9 Å². The molecule has 3 N–H and O–H groups in total. The number of aryl methyl sites for hydroxylation is 1. The molecule has 5 heteroatoms. The average molecular weight is 349 g/mol. The maximum atomic E-state index is 12.1. The van der Waals surface area contributed by atoms with Gasteiger partial charge in [0.15, 0.2) is 0 Å². The highest BCUT2D eigenvalue weighted by Crippen LogP contribution is 2.16. The summed E-state index contributed by atoms with van der Waals surface area (Å²) in [4.78, 5) is 12.1. The number of amides is 1. The topological polar surface area (TPSA) is 64.3 Å². The van der Waals surface area contributed by atoms with E-state index in [9.17, 15) is 4.79 Å². The van der Waals surface area contributed by atoms with Gasteiger partial charge in [0, 0.05) is 21.8 Å². The maximum absolute atomic E-state index is 12.1. The lowest BCUT2D eigenvalue weighted by atomic mass is 10.1. The summed E-state index contributed by atoms with van der Waals surface area (Å²) in [6, 6.07) is 12.8. The second-order valence-corrected chi connectivity index (χ2v) is 5.55. The van der Waals surface area contributed by atoms with Gasteiger partial charge in [-0.3, -0.25) is 4.79 Å². The molecule has 2 aromatic carbocycles. The predicted molar refractivity (Wildman–Crippen MR) is 87.6 cm³/mol. The van der Waals surface area contributed by atoms with Gasteiger partial charge in [0.2, 0.25) is 0 Å². The molecule has 21 heavy (non-hydrogen) atoms. The number of hydrogen-bond acceptors (Lipinski definition) is 3. The van der Waals surface area contributed by atoms with E-state index in [0.717, 1.165) is 10.0 Å². The van der Waals surface area contributed by atoms with Gasteiger partial charge in [-0.1, -0.05) is 28.1 Å². The minimum Gasteiger partial charge on any atom is -0.492 e. The van der Waals surface area contributed by atoms with Crippen LogP contribution in [0.3, 0.4) is 0 Å². The van der Waals surface area contributed by atoms with Crippen molar-refractivity contribution in [3.63, 3.8) is 0 Å². The Morgan fingerprint density at radius 2 is 2.10 bits per heavy atom. The summed E-state index contributed by atoms with van der Waals surface area (Å²) in [6.07, 6.45) is 0. The molecule has 0 unspecified atom stereocenters. The molecule has 0 bridgehead atoms. The summed E-state index contributed by atoms with van der Waals surface area (Å²) in [7, 11) is 0. The molecular formula is C16H17BrN2O2. The highest BCUT2D eigenvalue weighted by Gasteiger charge is 2.08. The number of carbonyl (C=O) groups is 1. The first-order valence-electron chi connectivity index (χ1n) is 6.59. The number of ether oxygens (including phenoxy) is 1. The molecule has 2 rings (SSSR count). The van der Waals surface area contributed by atoms with E-state index >= 15 is 0 Å². The van der Waals surface area contributed by atoms with Crippen molar-refractivity contribution in [1.29, 1.82) is 0 Å². The van der Waals surface area contributed by atoms with Crippen molar-refractivity contribution in [2.24, 2.45) is 0 Å². The number of halogens is 1. The van der Waals surface area contributed by atoms with Crippen LogP contribution in [0.2, 0.25) is 0 Å². The smallest absolute Gasteiger partial charge is 0.251 e. The Balaban J connectivity index is 1.83. The van der Waals surface area contributed by atoms with Crippen molar-refractivity contribution in [2.75, 3.05) is 18.9 Å². The molecule has 0 fully saturated rings. The number of carbonyl (C=O) groups excluding carboxylic acids is 1. The number of anilines is 1. The van der Waals surface area contributed by atoms with Gasteiger partial charge < -0.3 is 15.8 Å². The largest absolute Gasteiger partial charge is 0.492 e. The standard InChI is InChI=1S/C16H17BrN2O2/c1-11-5-6-12(17)9-15(11)16(20)19-7-8-21-14-4-2-3-13(18)10-14/h2-6,9-10H,7-8,18H2,1H3,(H,19,20). The molecule has 1 amide bonds. The Hall–Kier alpha value is -2.01. The monoisotopic (exact) mass is 348 g/mol. The number of nitrogens with two attached hydrogens (primary N) is 1. The van der Waals surface area contributed by atoms with Gasteiger partial charge >= 0.3 is 0 Å². The minimum atomic E-state index is -0.107. The van der Waals surface area contributed by atoms with E-state index in [1.54, 1.807) is 12.1 Å². The van der Waals surface area contributed by atoms with Crippen LogP contribution in [-0.2, 0) is 0 Å². The fourth-order valence-corrected chi connectivity index (χ4v) is 2.23. The number of nitrogens with one attached hydrogen (secondary N) is 1. The van der Waals surface area contributed by atoms with Crippen LogP contribution in [-0.4, -0.2) is 19.1 Å². The molecule has 0 aliphatic carbocycles. The molecule has 0 aromatic heterocycles. The zero-order chi connectivity index (χ0) is 15.2. The van der Waals surface area contributed by atoms with Crippen LogP contribution in [0.4, 0.5) is 5.69 Å². The van der Waals surface area contributed by atoms with Crippen LogP contribution < -0.4 is 15.8 Å². The van der Waals surface area contributed by atoms with Crippen molar-refractivity contribution in [3.05, 3.63) is 58.1 Å². The first-order chi connectivity index (χ1) is 10.1. The van der Waals surface area contributed by atoms with Crippen LogP contribution in [0, 0.1) is 6.92 Å². The number of rotatable bonds is 5. The normalized spacial score (nSPS) is 10.2. The molecule has 0 atom stereocenters. The highest BCUT2D eigenvalue weighted by atomic mass is 79.9. The SMILES string of the molecule is Cc1ccc(Br)cc1C(=O)NCCOc1cccc(N)c1. The Morgan fingerprint density at radius 1 is 1.29 bits per heavy atom. The summed E-state index contributed by atoms with van der Waals surface area (Å²) < 4.78 is 6.41. The molecule has 0 aliphatic heterocycles. The lowest BCUT2D eigenvalue weighted by Crippen LogP contribution is -2.28. The molecule has 4 nitrogen and oxygen atoms in total. The van der Waals surface area contributed by atoms with Crippen molar-refractivity contribution >= 4 is 27.5 Å². The van der Waals surface area contributed by atoms with E-state index in [1.807, 2.05) is 37.3 Å². The lowest BCUT2D eigenvalue weighted by Gasteiger charge is -2.10. The zero-order valence-corrected chi connectivity index (χ0v) is 13.3. The Bertz CT molecular complexity index is 644. The Kier molecular flexibility index (Phi) is 5.22. The van der Waals surface area contributed by atoms with E-state index < -0.39 is 0 Å². The second-order valence-electron chi connectivity index (χ2n) is 4.64. The molecule has 0 spiro atoms. The molecular weight excluding hydrogens is 332 g/mol. The van der Waals surface area contributed by atoms with Crippen molar-refractivity contribution < 1.29 is 9.53 Å². The van der Waals surface area contributed by atoms with E-state index in [0.29, 0.717) is 30.2 Å². The third-order valence-electron chi connectivity index (χ3n) is 2.96. The molecule has 0 radical (unpaired) electrons. The highest BCUT2D eigenvalue weighted by molar-refractivity contribution is 9.10. The van der Waals surface area contributed by atoms with Crippen LogP contribution >= 0.6 is 15.9 Å². The van der Waals surface area contributed by atoms with Crippen LogP contribution in [0.25, 0.3) is 0 Å². The second kappa shape index (κ2) is 7.13. The quantitative estimate of drug-likeness (QED) is 0.644. The first-order valence-corrected chi connectivity index (χ1v) is 7.38. The lowest BCUT2D eigenvalue weighted by molar-refractivity contribution is 0.0946.